The third-order valence-electron chi connectivity index (χ3n) is 3.02. The number of hydrogen-bond donors (Lipinski definition) is 1. The average Bonchev–Trinajstić information content (AvgIpc) is 2.96. The Morgan fingerprint density at radius 3 is 2.65 bits per heavy atom. The number of aromatic nitrogens is 3. The number of nitrogens with zero attached hydrogens (tertiary/aromatic N) is 3. The molecule has 0 aliphatic carbocycles. The summed E-state index contributed by atoms with van der Waals surface area (Å²) >= 11 is 0. The summed E-state index contributed by atoms with van der Waals surface area (Å²) in [6, 6.07) is 9.38. The number of benzene rings is 1. The largest absolute Gasteiger partial charge is 0.455 e. The summed E-state index contributed by atoms with van der Waals surface area (Å²) in [5, 5.41) is 13.7. The molecule has 2 unspecified atom stereocenters. The lowest BCUT2D eigenvalue weighted by molar-refractivity contribution is 0.0673. The van der Waals surface area contributed by atoms with Gasteiger partial charge in [-0.15, -0.1) is 5.10 Å². The van der Waals surface area contributed by atoms with Gasteiger partial charge < -0.3 is 9.84 Å². The van der Waals surface area contributed by atoms with Gasteiger partial charge in [-0.1, -0.05) is 18.2 Å². The maximum absolute atomic E-state index is 11.4. The molecule has 2 atom stereocenters. The second kappa shape index (κ2) is 4.88. The molecule has 0 amide bonds. The SMILES string of the molecule is O=S1(=O)CC(O)C(Oc2ncn(-c3ccccc3)n2)C1. The zero-order chi connectivity index (χ0) is 14.2. The Morgan fingerprint density at radius 1 is 1.25 bits per heavy atom. The first-order chi connectivity index (χ1) is 9.53. The van der Waals surface area contributed by atoms with Gasteiger partial charge in [-0.05, 0) is 12.1 Å². The van der Waals surface area contributed by atoms with Crippen LogP contribution in [-0.2, 0) is 9.84 Å². The van der Waals surface area contributed by atoms with Crippen LogP contribution in [0.5, 0.6) is 6.01 Å². The maximum atomic E-state index is 11.4. The highest BCUT2D eigenvalue weighted by atomic mass is 32.2. The van der Waals surface area contributed by atoms with Crippen LogP contribution in [0.4, 0.5) is 0 Å². The molecule has 20 heavy (non-hydrogen) atoms. The first kappa shape index (κ1) is 13.1. The van der Waals surface area contributed by atoms with Gasteiger partial charge in [-0.2, -0.15) is 4.98 Å². The van der Waals surface area contributed by atoms with E-state index in [9.17, 15) is 13.5 Å². The molecule has 1 saturated heterocycles. The standard InChI is InChI=1S/C12H13N3O4S/c16-10-6-20(17,18)7-11(10)19-12-13-8-15(14-12)9-4-2-1-3-5-9/h1-5,8,10-11,16H,6-7H2. The van der Waals surface area contributed by atoms with E-state index >= 15 is 0 Å². The lowest BCUT2D eigenvalue weighted by Gasteiger charge is -2.11. The molecule has 1 aromatic heterocycles. The van der Waals surface area contributed by atoms with Gasteiger partial charge in [0.25, 0.3) is 0 Å². The summed E-state index contributed by atoms with van der Waals surface area (Å²) in [5.41, 5.74) is 0.814. The van der Waals surface area contributed by atoms with Crippen molar-refractivity contribution in [3.8, 4) is 11.7 Å². The van der Waals surface area contributed by atoms with Crippen molar-refractivity contribution in [2.75, 3.05) is 11.5 Å². The molecule has 8 heteroatoms. The third-order valence-corrected chi connectivity index (χ3v) is 4.71. The zero-order valence-electron chi connectivity index (χ0n) is 10.5. The minimum atomic E-state index is -3.25. The van der Waals surface area contributed by atoms with Crippen LogP contribution in [0.15, 0.2) is 36.7 Å². The second-order valence-corrected chi connectivity index (χ2v) is 6.76. The van der Waals surface area contributed by atoms with Gasteiger partial charge in [0.1, 0.15) is 18.5 Å². The van der Waals surface area contributed by atoms with Crippen molar-refractivity contribution < 1.29 is 18.3 Å². The van der Waals surface area contributed by atoms with Crippen LogP contribution < -0.4 is 4.74 Å². The van der Waals surface area contributed by atoms with E-state index in [1.54, 1.807) is 0 Å². The highest BCUT2D eigenvalue weighted by Crippen LogP contribution is 2.18. The van der Waals surface area contributed by atoms with Crippen LogP contribution in [-0.4, -0.2) is 52.0 Å². The minimum Gasteiger partial charge on any atom is -0.455 e. The van der Waals surface area contributed by atoms with Crippen LogP contribution in [0, 0.1) is 0 Å². The van der Waals surface area contributed by atoms with E-state index < -0.39 is 22.0 Å². The van der Waals surface area contributed by atoms with Gasteiger partial charge in [-0.25, -0.2) is 13.1 Å². The van der Waals surface area contributed by atoms with Gasteiger partial charge in [0.05, 0.1) is 17.2 Å². The molecule has 0 bridgehead atoms. The predicted octanol–water partition coefficient (Wildman–Crippen LogP) is -0.196. The molecule has 0 radical (unpaired) electrons. The molecule has 7 nitrogen and oxygen atoms in total. The van der Waals surface area contributed by atoms with E-state index in [4.69, 9.17) is 4.74 Å². The first-order valence-corrected chi connectivity index (χ1v) is 7.88. The van der Waals surface area contributed by atoms with Crippen molar-refractivity contribution >= 4 is 9.84 Å². The molecule has 1 aliphatic heterocycles. The summed E-state index contributed by atoms with van der Waals surface area (Å²) < 4.78 is 29.6. The number of para-hydroxylation sites is 1. The van der Waals surface area contributed by atoms with E-state index in [1.165, 1.54) is 11.0 Å². The number of hydrogen-bond acceptors (Lipinski definition) is 6. The Bertz CT molecular complexity index is 699. The van der Waals surface area contributed by atoms with Crippen molar-refractivity contribution in [3.05, 3.63) is 36.7 Å². The molecule has 1 aliphatic rings. The van der Waals surface area contributed by atoms with E-state index in [2.05, 4.69) is 10.1 Å². The van der Waals surface area contributed by atoms with Crippen LogP contribution in [0.3, 0.4) is 0 Å². The summed E-state index contributed by atoms with van der Waals surface area (Å²) in [5.74, 6) is -0.495. The second-order valence-electron chi connectivity index (χ2n) is 4.61. The summed E-state index contributed by atoms with van der Waals surface area (Å²) in [6.45, 7) is 0. The molecule has 3 rings (SSSR count). The molecule has 106 valence electrons. The number of sulfone groups is 1. The summed E-state index contributed by atoms with van der Waals surface area (Å²) in [6.07, 6.45) is -0.379. The Balaban J connectivity index is 1.75. The fourth-order valence-electron chi connectivity index (χ4n) is 2.05. The minimum absolute atomic E-state index is 0.0509. The molecule has 2 aromatic rings. The Hall–Kier alpha value is -1.93. The quantitative estimate of drug-likeness (QED) is 0.843. The molecule has 0 saturated carbocycles. The molecule has 1 aromatic carbocycles. The van der Waals surface area contributed by atoms with E-state index in [1.807, 2.05) is 30.3 Å². The van der Waals surface area contributed by atoms with Crippen molar-refractivity contribution in [1.82, 2.24) is 14.8 Å². The lowest BCUT2D eigenvalue weighted by atomic mass is 10.3. The first-order valence-electron chi connectivity index (χ1n) is 6.06. The highest BCUT2D eigenvalue weighted by Gasteiger charge is 2.38. The maximum Gasteiger partial charge on any atom is 0.336 e. The predicted molar refractivity (Wildman–Crippen MR) is 70.4 cm³/mol. The number of aliphatic hydroxyl groups excluding tert-OH is 1. The van der Waals surface area contributed by atoms with Gasteiger partial charge in [-0.3, -0.25) is 0 Å². The molecule has 0 spiro atoms. The van der Waals surface area contributed by atoms with Crippen LogP contribution >= 0.6 is 0 Å². The van der Waals surface area contributed by atoms with Crippen molar-refractivity contribution in [1.29, 1.82) is 0 Å². The molecule has 1 fully saturated rings. The Labute approximate surface area is 115 Å². The number of aliphatic hydroxyl groups is 1. The highest BCUT2D eigenvalue weighted by molar-refractivity contribution is 7.91. The van der Waals surface area contributed by atoms with E-state index in [0.29, 0.717) is 0 Å². The number of ether oxygens (including phenoxy) is 1. The topological polar surface area (TPSA) is 94.3 Å². The molecular formula is C12H13N3O4S. The Kier molecular flexibility index (Phi) is 3.19. The Morgan fingerprint density at radius 2 is 2.00 bits per heavy atom. The monoisotopic (exact) mass is 295 g/mol. The summed E-state index contributed by atoms with van der Waals surface area (Å²) in [7, 11) is -3.25. The average molecular weight is 295 g/mol. The van der Waals surface area contributed by atoms with Crippen LogP contribution in [0.25, 0.3) is 5.69 Å². The summed E-state index contributed by atoms with van der Waals surface area (Å²) in [4.78, 5) is 3.96. The molecule has 2 heterocycles. The van der Waals surface area contributed by atoms with E-state index in [0.717, 1.165) is 5.69 Å². The fourth-order valence-corrected chi connectivity index (χ4v) is 3.71. The molecule has 1 N–H and O–H groups in total. The molecular weight excluding hydrogens is 282 g/mol. The third kappa shape index (κ3) is 2.66. The van der Waals surface area contributed by atoms with Crippen LogP contribution in [0.2, 0.25) is 0 Å². The van der Waals surface area contributed by atoms with Crippen molar-refractivity contribution in [3.63, 3.8) is 0 Å². The zero-order valence-corrected chi connectivity index (χ0v) is 11.3. The fraction of sp³-hybridized carbons (Fsp3) is 0.333. The van der Waals surface area contributed by atoms with E-state index in [-0.39, 0.29) is 17.5 Å². The van der Waals surface area contributed by atoms with Crippen molar-refractivity contribution in [2.45, 2.75) is 12.2 Å². The van der Waals surface area contributed by atoms with Gasteiger partial charge in [0, 0.05) is 0 Å². The van der Waals surface area contributed by atoms with Crippen molar-refractivity contribution in [2.24, 2.45) is 0 Å². The lowest BCUT2D eigenvalue weighted by Crippen LogP contribution is -2.30. The smallest absolute Gasteiger partial charge is 0.336 e. The van der Waals surface area contributed by atoms with Gasteiger partial charge in [0.2, 0.25) is 0 Å². The van der Waals surface area contributed by atoms with Crippen LogP contribution in [0.1, 0.15) is 0 Å². The number of rotatable bonds is 3. The van der Waals surface area contributed by atoms with Gasteiger partial charge in [0.15, 0.2) is 9.84 Å². The van der Waals surface area contributed by atoms with Gasteiger partial charge >= 0.3 is 6.01 Å². The normalized spacial score (nSPS) is 24.6.